The topological polar surface area (TPSA) is 63.4 Å². The van der Waals surface area contributed by atoms with Crippen LogP contribution in [0, 0.1) is 6.92 Å². The highest BCUT2D eigenvalue weighted by Crippen LogP contribution is 2.26. The maximum absolute atomic E-state index is 5.50. The number of thiophene rings is 1. The number of ether oxygens (including phenoxy) is 1. The predicted molar refractivity (Wildman–Crippen MR) is 84.9 cm³/mol. The lowest BCUT2D eigenvalue weighted by atomic mass is 10.1. The number of morpholine rings is 1. The van der Waals surface area contributed by atoms with Gasteiger partial charge in [-0.05, 0) is 18.4 Å². The number of hydrogen-bond donors (Lipinski definition) is 1. The molecule has 1 aliphatic heterocycles. The lowest BCUT2D eigenvalue weighted by Gasteiger charge is -2.34. The van der Waals surface area contributed by atoms with E-state index in [-0.39, 0.29) is 6.04 Å². The lowest BCUT2D eigenvalue weighted by molar-refractivity contribution is 0.0163. The average Bonchev–Trinajstić information content (AvgIpc) is 3.20. The highest BCUT2D eigenvalue weighted by Gasteiger charge is 2.24. The molecule has 0 spiro atoms. The molecule has 0 unspecified atom stereocenters. The van der Waals surface area contributed by atoms with E-state index < -0.39 is 0 Å². The second-order valence-corrected chi connectivity index (χ2v) is 6.45. The van der Waals surface area contributed by atoms with E-state index in [1.165, 1.54) is 4.88 Å². The van der Waals surface area contributed by atoms with Crippen LogP contribution < -0.4 is 5.32 Å². The molecule has 1 N–H and O–H groups in total. The summed E-state index contributed by atoms with van der Waals surface area (Å²) in [5.74, 6) is 1.25. The molecule has 2 aromatic rings. The van der Waals surface area contributed by atoms with Gasteiger partial charge in [0.1, 0.15) is 0 Å². The second-order valence-electron chi connectivity index (χ2n) is 5.47. The van der Waals surface area contributed by atoms with Crippen LogP contribution in [0.2, 0.25) is 0 Å². The van der Waals surface area contributed by atoms with Gasteiger partial charge in [0.15, 0.2) is 0 Å². The van der Waals surface area contributed by atoms with E-state index in [1.807, 2.05) is 6.92 Å². The number of nitrogens with zero attached hydrogens (tertiary/aromatic N) is 3. The summed E-state index contributed by atoms with van der Waals surface area (Å²) in [5, 5.41) is 13.6. The summed E-state index contributed by atoms with van der Waals surface area (Å²) in [5.41, 5.74) is 0. The minimum absolute atomic E-state index is 0.0460. The van der Waals surface area contributed by atoms with Gasteiger partial charge in [-0.2, -0.15) is 0 Å². The van der Waals surface area contributed by atoms with Crippen LogP contribution in [0.15, 0.2) is 21.9 Å². The van der Waals surface area contributed by atoms with Crippen LogP contribution in [0.4, 0.5) is 0 Å². The van der Waals surface area contributed by atoms with Crippen LogP contribution in [0.3, 0.4) is 0 Å². The predicted octanol–water partition coefficient (Wildman–Crippen LogP) is 2.16. The van der Waals surface area contributed by atoms with Gasteiger partial charge in [0.25, 0.3) is 0 Å². The van der Waals surface area contributed by atoms with Gasteiger partial charge in [-0.15, -0.1) is 21.5 Å². The molecule has 2 atom stereocenters. The molecule has 3 heterocycles. The SMILES string of the molecule is Cc1nnc([C@@H](C)NC[C@@H](c2cccs2)N2CCOCC2)o1. The van der Waals surface area contributed by atoms with E-state index in [1.54, 1.807) is 11.3 Å². The van der Waals surface area contributed by atoms with Crippen molar-refractivity contribution in [3.05, 3.63) is 34.2 Å². The first-order valence-electron chi connectivity index (χ1n) is 7.62. The molecular formula is C15H22N4O2S. The van der Waals surface area contributed by atoms with Crippen molar-refractivity contribution in [3.8, 4) is 0 Å². The molecule has 1 aliphatic rings. The van der Waals surface area contributed by atoms with Gasteiger partial charge in [0, 0.05) is 31.4 Å². The fraction of sp³-hybridized carbons (Fsp3) is 0.600. The van der Waals surface area contributed by atoms with Crippen molar-refractivity contribution < 1.29 is 9.15 Å². The smallest absolute Gasteiger partial charge is 0.233 e. The molecule has 6 nitrogen and oxygen atoms in total. The largest absolute Gasteiger partial charge is 0.424 e. The number of nitrogens with one attached hydrogen (secondary N) is 1. The molecule has 22 heavy (non-hydrogen) atoms. The summed E-state index contributed by atoms with van der Waals surface area (Å²) in [6, 6.07) is 4.71. The van der Waals surface area contributed by atoms with E-state index >= 15 is 0 Å². The first-order chi connectivity index (χ1) is 10.7. The van der Waals surface area contributed by atoms with Gasteiger partial charge in [-0.1, -0.05) is 6.07 Å². The summed E-state index contributed by atoms with van der Waals surface area (Å²) in [4.78, 5) is 3.86. The monoisotopic (exact) mass is 322 g/mol. The van der Waals surface area contributed by atoms with E-state index in [9.17, 15) is 0 Å². The van der Waals surface area contributed by atoms with Crippen molar-refractivity contribution >= 4 is 11.3 Å². The van der Waals surface area contributed by atoms with Gasteiger partial charge in [-0.25, -0.2) is 0 Å². The van der Waals surface area contributed by atoms with Crippen LogP contribution >= 0.6 is 11.3 Å². The molecule has 3 rings (SSSR count). The van der Waals surface area contributed by atoms with E-state index in [2.05, 4.69) is 44.9 Å². The Hall–Kier alpha value is -1.28. The molecule has 1 saturated heterocycles. The third kappa shape index (κ3) is 3.73. The third-order valence-electron chi connectivity index (χ3n) is 3.89. The van der Waals surface area contributed by atoms with Crippen LogP contribution in [0.25, 0.3) is 0 Å². The molecule has 0 bridgehead atoms. The van der Waals surface area contributed by atoms with Gasteiger partial charge < -0.3 is 14.5 Å². The number of aromatic nitrogens is 2. The highest BCUT2D eigenvalue weighted by atomic mass is 32.1. The zero-order valence-electron chi connectivity index (χ0n) is 13.0. The van der Waals surface area contributed by atoms with Gasteiger partial charge in [-0.3, -0.25) is 4.90 Å². The number of hydrogen-bond acceptors (Lipinski definition) is 7. The Morgan fingerprint density at radius 3 is 2.82 bits per heavy atom. The highest BCUT2D eigenvalue weighted by molar-refractivity contribution is 7.10. The van der Waals surface area contributed by atoms with Crippen molar-refractivity contribution in [1.82, 2.24) is 20.4 Å². The van der Waals surface area contributed by atoms with Crippen molar-refractivity contribution in [3.63, 3.8) is 0 Å². The lowest BCUT2D eigenvalue weighted by Crippen LogP contribution is -2.42. The van der Waals surface area contributed by atoms with E-state index in [0.717, 1.165) is 32.8 Å². The maximum atomic E-state index is 5.50. The van der Waals surface area contributed by atoms with Crippen LogP contribution in [0.1, 0.15) is 35.7 Å². The molecule has 0 aromatic carbocycles. The summed E-state index contributed by atoms with van der Waals surface area (Å²) in [6.07, 6.45) is 0. The van der Waals surface area contributed by atoms with Crippen LogP contribution in [-0.4, -0.2) is 47.9 Å². The Kier molecular flexibility index (Phi) is 5.20. The molecule has 0 saturated carbocycles. The average molecular weight is 322 g/mol. The standard InChI is InChI=1S/C15H22N4O2S/c1-11(15-18-17-12(2)21-15)16-10-13(14-4-3-9-22-14)19-5-7-20-8-6-19/h3-4,9,11,13,16H,5-8,10H2,1-2H3/t11-,13+/m1/s1. The zero-order valence-corrected chi connectivity index (χ0v) is 13.8. The first kappa shape index (κ1) is 15.6. The maximum Gasteiger partial charge on any atom is 0.233 e. The Bertz CT molecular complexity index is 566. The Labute approximate surface area is 134 Å². The second kappa shape index (κ2) is 7.32. The first-order valence-corrected chi connectivity index (χ1v) is 8.50. The van der Waals surface area contributed by atoms with Gasteiger partial charge in [0.2, 0.25) is 11.8 Å². The Morgan fingerprint density at radius 1 is 1.36 bits per heavy atom. The Balaban J connectivity index is 1.65. The van der Waals surface area contributed by atoms with Crippen LogP contribution in [0.5, 0.6) is 0 Å². The molecule has 0 aliphatic carbocycles. The van der Waals surface area contributed by atoms with E-state index in [0.29, 0.717) is 17.8 Å². The summed E-state index contributed by atoms with van der Waals surface area (Å²) >= 11 is 1.80. The quantitative estimate of drug-likeness (QED) is 0.879. The normalized spacial score (nSPS) is 19.2. The minimum atomic E-state index is 0.0460. The molecule has 2 aromatic heterocycles. The number of aryl methyl sites for hydroxylation is 1. The van der Waals surface area contributed by atoms with Gasteiger partial charge in [0.05, 0.1) is 25.3 Å². The summed E-state index contributed by atoms with van der Waals surface area (Å²) in [7, 11) is 0. The molecule has 1 fully saturated rings. The van der Waals surface area contributed by atoms with Crippen molar-refractivity contribution in [1.29, 1.82) is 0 Å². The minimum Gasteiger partial charge on any atom is -0.424 e. The van der Waals surface area contributed by atoms with Crippen LogP contribution in [-0.2, 0) is 4.74 Å². The molecular weight excluding hydrogens is 300 g/mol. The Morgan fingerprint density at radius 2 is 2.18 bits per heavy atom. The summed E-state index contributed by atoms with van der Waals surface area (Å²) in [6.45, 7) is 8.27. The van der Waals surface area contributed by atoms with Crippen molar-refractivity contribution in [2.24, 2.45) is 0 Å². The fourth-order valence-corrected chi connectivity index (χ4v) is 3.50. The van der Waals surface area contributed by atoms with Crippen molar-refractivity contribution in [2.45, 2.75) is 25.9 Å². The molecule has 7 heteroatoms. The molecule has 0 radical (unpaired) electrons. The summed E-state index contributed by atoms with van der Waals surface area (Å²) < 4.78 is 11.0. The van der Waals surface area contributed by atoms with E-state index in [4.69, 9.17) is 9.15 Å². The third-order valence-corrected chi connectivity index (χ3v) is 4.86. The molecule has 120 valence electrons. The fourth-order valence-electron chi connectivity index (χ4n) is 2.64. The van der Waals surface area contributed by atoms with Gasteiger partial charge >= 0.3 is 0 Å². The van der Waals surface area contributed by atoms with Crippen molar-refractivity contribution in [2.75, 3.05) is 32.8 Å². The number of rotatable bonds is 6. The molecule has 0 amide bonds. The zero-order chi connectivity index (χ0) is 15.4.